The molecule has 118 valence electrons. The van der Waals surface area contributed by atoms with Crippen LogP contribution in [-0.2, 0) is 0 Å². The fourth-order valence-electron chi connectivity index (χ4n) is 2.56. The molecule has 0 unspecified atom stereocenters. The molecule has 0 amide bonds. The zero-order chi connectivity index (χ0) is 16.5. The monoisotopic (exact) mass is 298 g/mol. The van der Waals surface area contributed by atoms with Crippen molar-refractivity contribution in [3.8, 4) is 0 Å². The maximum atomic E-state index is 4.59. The second-order valence-electron chi connectivity index (χ2n) is 6.99. The second kappa shape index (κ2) is 5.95. The topological polar surface area (TPSA) is 49.8 Å². The number of benzene rings is 1. The molecule has 0 spiro atoms. The Morgan fingerprint density at radius 2 is 1.45 bits per heavy atom. The van der Waals surface area contributed by atoms with Gasteiger partial charge in [-0.2, -0.15) is 4.98 Å². The van der Waals surface area contributed by atoms with E-state index in [-0.39, 0.29) is 5.54 Å². The highest BCUT2D eigenvalue weighted by Crippen LogP contribution is 2.25. The summed E-state index contributed by atoms with van der Waals surface area (Å²) < 4.78 is 0. The van der Waals surface area contributed by atoms with Crippen LogP contribution in [0.1, 0.15) is 43.2 Å². The second-order valence-corrected chi connectivity index (χ2v) is 6.99. The normalized spacial score (nSPS) is 11.4. The number of aromatic nitrogens is 2. The third-order valence-electron chi connectivity index (χ3n) is 3.27. The molecular formula is C18H26N4. The summed E-state index contributed by atoms with van der Waals surface area (Å²) in [5.74, 6) is 1.46. The van der Waals surface area contributed by atoms with Crippen molar-refractivity contribution in [2.75, 3.05) is 10.6 Å². The molecule has 0 saturated heterocycles. The standard InChI is InChI=1S/C18H26N4/c1-11-8-12(2)16(13(3)9-11)21-17-19-14(4)10-15(20-17)22-18(5,6)7/h8-10H,1-7H3,(H2,19,20,21,22). The van der Waals surface area contributed by atoms with E-state index in [1.807, 2.05) is 13.0 Å². The fourth-order valence-corrected chi connectivity index (χ4v) is 2.56. The molecule has 0 aliphatic heterocycles. The Hall–Kier alpha value is -2.10. The lowest BCUT2D eigenvalue weighted by Gasteiger charge is -2.22. The predicted molar refractivity (Wildman–Crippen MR) is 94.1 cm³/mol. The molecule has 0 atom stereocenters. The lowest BCUT2D eigenvalue weighted by Crippen LogP contribution is -2.27. The van der Waals surface area contributed by atoms with Gasteiger partial charge in [0.2, 0.25) is 5.95 Å². The Balaban J connectivity index is 2.34. The Labute approximate surface area is 133 Å². The summed E-state index contributed by atoms with van der Waals surface area (Å²) in [5.41, 5.74) is 5.65. The molecule has 4 nitrogen and oxygen atoms in total. The highest BCUT2D eigenvalue weighted by atomic mass is 15.2. The van der Waals surface area contributed by atoms with Gasteiger partial charge < -0.3 is 10.6 Å². The molecule has 0 bridgehead atoms. The summed E-state index contributed by atoms with van der Waals surface area (Å²) in [6.45, 7) is 14.6. The summed E-state index contributed by atoms with van der Waals surface area (Å²) in [7, 11) is 0. The van der Waals surface area contributed by atoms with Gasteiger partial charge in [0, 0.05) is 23.0 Å². The van der Waals surface area contributed by atoms with Gasteiger partial charge in [-0.25, -0.2) is 4.98 Å². The van der Waals surface area contributed by atoms with Crippen molar-refractivity contribution >= 4 is 17.5 Å². The van der Waals surface area contributed by atoms with E-state index in [0.29, 0.717) is 5.95 Å². The van der Waals surface area contributed by atoms with Crippen molar-refractivity contribution in [3.05, 3.63) is 40.6 Å². The van der Waals surface area contributed by atoms with Crippen molar-refractivity contribution in [1.82, 2.24) is 9.97 Å². The first kappa shape index (κ1) is 16.3. The van der Waals surface area contributed by atoms with Gasteiger partial charge in [-0.15, -0.1) is 0 Å². The quantitative estimate of drug-likeness (QED) is 0.865. The van der Waals surface area contributed by atoms with E-state index >= 15 is 0 Å². The largest absolute Gasteiger partial charge is 0.365 e. The molecule has 2 aromatic rings. The van der Waals surface area contributed by atoms with Crippen LogP contribution in [-0.4, -0.2) is 15.5 Å². The number of aryl methyl sites for hydroxylation is 4. The molecule has 0 aliphatic carbocycles. The SMILES string of the molecule is Cc1cc(C)c(Nc2nc(C)cc(NC(C)(C)C)n2)c(C)c1. The van der Waals surface area contributed by atoms with E-state index in [0.717, 1.165) is 17.2 Å². The van der Waals surface area contributed by atoms with Gasteiger partial charge in [0.05, 0.1) is 0 Å². The number of rotatable bonds is 3. The van der Waals surface area contributed by atoms with Crippen LogP contribution in [0.4, 0.5) is 17.5 Å². The van der Waals surface area contributed by atoms with Gasteiger partial charge in [0.1, 0.15) is 5.82 Å². The van der Waals surface area contributed by atoms with E-state index in [9.17, 15) is 0 Å². The average molecular weight is 298 g/mol. The minimum absolute atomic E-state index is 0.0340. The average Bonchev–Trinajstić information content (AvgIpc) is 2.30. The van der Waals surface area contributed by atoms with Crippen molar-refractivity contribution in [1.29, 1.82) is 0 Å². The van der Waals surface area contributed by atoms with Crippen LogP contribution in [0.2, 0.25) is 0 Å². The van der Waals surface area contributed by atoms with Gasteiger partial charge in [-0.1, -0.05) is 17.7 Å². The molecule has 22 heavy (non-hydrogen) atoms. The summed E-state index contributed by atoms with van der Waals surface area (Å²) in [5, 5.41) is 6.77. The first-order valence-electron chi connectivity index (χ1n) is 7.63. The molecule has 1 heterocycles. The minimum Gasteiger partial charge on any atom is -0.365 e. The van der Waals surface area contributed by atoms with Crippen molar-refractivity contribution in [2.24, 2.45) is 0 Å². The Bertz CT molecular complexity index is 661. The predicted octanol–water partition coefficient (Wildman–Crippen LogP) is 4.66. The zero-order valence-electron chi connectivity index (χ0n) is 14.6. The van der Waals surface area contributed by atoms with E-state index in [4.69, 9.17) is 0 Å². The molecule has 0 aliphatic rings. The van der Waals surface area contributed by atoms with Crippen molar-refractivity contribution in [2.45, 2.75) is 54.0 Å². The Kier molecular flexibility index (Phi) is 4.40. The lowest BCUT2D eigenvalue weighted by atomic mass is 10.1. The van der Waals surface area contributed by atoms with E-state index in [1.54, 1.807) is 0 Å². The Morgan fingerprint density at radius 1 is 0.864 bits per heavy atom. The first-order valence-corrected chi connectivity index (χ1v) is 7.63. The highest BCUT2D eigenvalue weighted by molar-refractivity contribution is 5.64. The molecule has 1 aromatic heterocycles. The van der Waals surface area contributed by atoms with Gasteiger partial charge in [0.15, 0.2) is 0 Å². The van der Waals surface area contributed by atoms with Crippen LogP contribution in [0.15, 0.2) is 18.2 Å². The van der Waals surface area contributed by atoms with Gasteiger partial charge in [-0.05, 0) is 59.6 Å². The zero-order valence-corrected chi connectivity index (χ0v) is 14.6. The lowest BCUT2D eigenvalue weighted by molar-refractivity contribution is 0.630. The summed E-state index contributed by atoms with van der Waals surface area (Å²) in [4.78, 5) is 9.09. The first-order chi connectivity index (χ1) is 10.1. The summed E-state index contributed by atoms with van der Waals surface area (Å²) in [6.07, 6.45) is 0. The Morgan fingerprint density at radius 3 is 2.00 bits per heavy atom. The van der Waals surface area contributed by atoms with Gasteiger partial charge >= 0.3 is 0 Å². The molecule has 0 fully saturated rings. The molecule has 1 aromatic carbocycles. The highest BCUT2D eigenvalue weighted by Gasteiger charge is 2.12. The van der Waals surface area contributed by atoms with E-state index in [2.05, 4.69) is 74.3 Å². The maximum absolute atomic E-state index is 4.59. The third-order valence-corrected chi connectivity index (χ3v) is 3.27. The molecular weight excluding hydrogens is 272 g/mol. The minimum atomic E-state index is -0.0340. The smallest absolute Gasteiger partial charge is 0.229 e. The number of nitrogens with zero attached hydrogens (tertiary/aromatic N) is 2. The van der Waals surface area contributed by atoms with Crippen LogP contribution in [0.3, 0.4) is 0 Å². The van der Waals surface area contributed by atoms with Crippen LogP contribution in [0, 0.1) is 27.7 Å². The molecule has 0 radical (unpaired) electrons. The maximum Gasteiger partial charge on any atom is 0.229 e. The number of anilines is 3. The molecule has 4 heteroatoms. The number of hydrogen-bond acceptors (Lipinski definition) is 4. The van der Waals surface area contributed by atoms with Crippen molar-refractivity contribution in [3.63, 3.8) is 0 Å². The van der Waals surface area contributed by atoms with Gasteiger partial charge in [0.25, 0.3) is 0 Å². The van der Waals surface area contributed by atoms with Gasteiger partial charge in [-0.3, -0.25) is 0 Å². The number of hydrogen-bond donors (Lipinski definition) is 2. The van der Waals surface area contributed by atoms with Crippen molar-refractivity contribution < 1.29 is 0 Å². The third kappa shape index (κ3) is 4.20. The molecule has 2 N–H and O–H groups in total. The van der Waals surface area contributed by atoms with E-state index in [1.165, 1.54) is 16.7 Å². The summed E-state index contributed by atoms with van der Waals surface area (Å²) >= 11 is 0. The number of nitrogens with one attached hydrogen (secondary N) is 2. The molecule has 2 rings (SSSR count). The van der Waals surface area contributed by atoms with Crippen LogP contribution in [0.25, 0.3) is 0 Å². The van der Waals surface area contributed by atoms with E-state index < -0.39 is 0 Å². The summed E-state index contributed by atoms with van der Waals surface area (Å²) in [6, 6.07) is 6.30. The van der Waals surface area contributed by atoms with Crippen LogP contribution >= 0.6 is 0 Å². The molecule has 0 saturated carbocycles. The van der Waals surface area contributed by atoms with Crippen LogP contribution < -0.4 is 10.6 Å². The van der Waals surface area contributed by atoms with Crippen LogP contribution in [0.5, 0.6) is 0 Å². The fraction of sp³-hybridized carbons (Fsp3) is 0.444.